The van der Waals surface area contributed by atoms with E-state index < -0.39 is 17.2 Å². The zero-order valence-corrected chi connectivity index (χ0v) is 7.68. The smallest absolute Gasteiger partial charge is 0.234 e. The molecule has 0 spiro atoms. The van der Waals surface area contributed by atoms with Gasteiger partial charge in [0.15, 0.2) is 0 Å². The second kappa shape index (κ2) is 4.21. The maximum Gasteiger partial charge on any atom is 0.234 e. The lowest BCUT2D eigenvalue weighted by Gasteiger charge is -2.23. The van der Waals surface area contributed by atoms with E-state index in [4.69, 9.17) is 5.11 Å². The van der Waals surface area contributed by atoms with Crippen LogP contribution in [0.3, 0.4) is 0 Å². The van der Waals surface area contributed by atoms with Crippen molar-refractivity contribution in [2.75, 3.05) is 6.61 Å². The molecule has 0 aliphatic rings. The van der Waals surface area contributed by atoms with Crippen molar-refractivity contribution in [2.45, 2.75) is 27.2 Å². The Bertz CT molecular complexity index is 185. The number of amides is 2. The molecular formula is C8H15NO3. The van der Waals surface area contributed by atoms with Gasteiger partial charge < -0.3 is 5.11 Å². The Morgan fingerprint density at radius 1 is 1.50 bits per heavy atom. The molecule has 0 saturated heterocycles. The fourth-order valence-corrected chi connectivity index (χ4v) is 0.655. The lowest BCUT2D eigenvalue weighted by atomic mass is 9.87. The number of nitrogens with one attached hydrogen (secondary N) is 1. The van der Waals surface area contributed by atoms with Gasteiger partial charge in [-0.1, -0.05) is 6.92 Å². The molecule has 1 atom stereocenters. The first-order valence-electron chi connectivity index (χ1n) is 3.89. The van der Waals surface area contributed by atoms with Gasteiger partial charge in [0.1, 0.15) is 0 Å². The van der Waals surface area contributed by atoms with Crippen LogP contribution in [0.25, 0.3) is 0 Å². The number of imide groups is 1. The first-order valence-corrected chi connectivity index (χ1v) is 3.89. The molecule has 4 heteroatoms. The number of aliphatic hydroxyl groups excluding tert-OH is 1. The Kier molecular flexibility index (Phi) is 3.89. The molecule has 0 saturated carbocycles. The predicted molar refractivity (Wildman–Crippen MR) is 44.3 cm³/mol. The van der Waals surface area contributed by atoms with Crippen molar-refractivity contribution in [1.29, 1.82) is 0 Å². The molecular weight excluding hydrogens is 158 g/mol. The van der Waals surface area contributed by atoms with Crippen molar-refractivity contribution >= 4 is 11.8 Å². The van der Waals surface area contributed by atoms with Crippen LogP contribution in [0.5, 0.6) is 0 Å². The second-order valence-electron chi connectivity index (χ2n) is 3.08. The molecule has 0 rings (SSSR count). The molecule has 0 aliphatic heterocycles. The zero-order valence-electron chi connectivity index (χ0n) is 7.68. The van der Waals surface area contributed by atoms with Crippen molar-refractivity contribution < 1.29 is 14.7 Å². The third kappa shape index (κ3) is 2.62. The van der Waals surface area contributed by atoms with Crippen molar-refractivity contribution in [3.8, 4) is 0 Å². The highest BCUT2D eigenvalue weighted by Gasteiger charge is 2.30. The van der Waals surface area contributed by atoms with E-state index in [0.29, 0.717) is 6.42 Å². The molecule has 1 unspecified atom stereocenters. The van der Waals surface area contributed by atoms with Gasteiger partial charge in [0, 0.05) is 6.92 Å². The SMILES string of the molecule is CCC(C)(CO)C(=O)NC(C)=O. The van der Waals surface area contributed by atoms with E-state index in [0.717, 1.165) is 0 Å². The molecule has 0 aliphatic carbocycles. The highest BCUT2D eigenvalue weighted by molar-refractivity contribution is 5.96. The fourth-order valence-electron chi connectivity index (χ4n) is 0.655. The molecule has 2 N–H and O–H groups in total. The van der Waals surface area contributed by atoms with Crippen molar-refractivity contribution in [3.63, 3.8) is 0 Å². The van der Waals surface area contributed by atoms with Crippen LogP contribution in [0.15, 0.2) is 0 Å². The second-order valence-corrected chi connectivity index (χ2v) is 3.08. The molecule has 0 aromatic carbocycles. The largest absolute Gasteiger partial charge is 0.395 e. The minimum absolute atomic E-state index is 0.247. The summed E-state index contributed by atoms with van der Waals surface area (Å²) in [4.78, 5) is 21.8. The van der Waals surface area contributed by atoms with Crippen LogP contribution in [0.2, 0.25) is 0 Å². The highest BCUT2D eigenvalue weighted by atomic mass is 16.3. The molecule has 0 aromatic rings. The van der Waals surface area contributed by atoms with Gasteiger partial charge in [0.25, 0.3) is 0 Å². The summed E-state index contributed by atoms with van der Waals surface area (Å²) in [7, 11) is 0. The fraction of sp³-hybridized carbons (Fsp3) is 0.750. The summed E-state index contributed by atoms with van der Waals surface area (Å²) in [6.45, 7) is 4.43. The summed E-state index contributed by atoms with van der Waals surface area (Å²) in [6.07, 6.45) is 0.503. The number of rotatable bonds is 3. The van der Waals surface area contributed by atoms with Gasteiger partial charge in [-0.3, -0.25) is 14.9 Å². The number of carbonyl (C=O) groups excluding carboxylic acids is 2. The van der Waals surface area contributed by atoms with E-state index in [1.165, 1.54) is 6.92 Å². The minimum atomic E-state index is -0.842. The van der Waals surface area contributed by atoms with E-state index in [1.54, 1.807) is 13.8 Å². The number of aliphatic hydroxyl groups is 1. The number of carbonyl (C=O) groups is 2. The lowest BCUT2D eigenvalue weighted by molar-refractivity contribution is -0.137. The molecule has 0 fully saturated rings. The molecule has 2 amide bonds. The van der Waals surface area contributed by atoms with Gasteiger partial charge in [0.05, 0.1) is 12.0 Å². The van der Waals surface area contributed by atoms with Gasteiger partial charge in [-0.2, -0.15) is 0 Å². The lowest BCUT2D eigenvalue weighted by Crippen LogP contribution is -2.43. The van der Waals surface area contributed by atoms with Crippen molar-refractivity contribution in [3.05, 3.63) is 0 Å². The Morgan fingerprint density at radius 3 is 2.25 bits per heavy atom. The Labute approximate surface area is 72.0 Å². The quantitative estimate of drug-likeness (QED) is 0.634. The third-order valence-corrected chi connectivity index (χ3v) is 1.97. The zero-order chi connectivity index (χ0) is 9.78. The Hall–Kier alpha value is -0.900. The van der Waals surface area contributed by atoms with Crippen LogP contribution < -0.4 is 5.32 Å². The minimum Gasteiger partial charge on any atom is -0.395 e. The number of hydrogen-bond acceptors (Lipinski definition) is 3. The van der Waals surface area contributed by atoms with E-state index >= 15 is 0 Å². The molecule has 0 heterocycles. The van der Waals surface area contributed by atoms with Crippen LogP contribution in [0.4, 0.5) is 0 Å². The summed E-state index contributed by atoms with van der Waals surface area (Å²) in [5, 5.41) is 11.0. The monoisotopic (exact) mass is 173 g/mol. The van der Waals surface area contributed by atoms with Crippen molar-refractivity contribution in [2.24, 2.45) is 5.41 Å². The summed E-state index contributed by atoms with van der Waals surface area (Å²) in [5.74, 6) is -0.812. The molecule has 0 aromatic heterocycles. The van der Waals surface area contributed by atoms with E-state index in [9.17, 15) is 9.59 Å². The topological polar surface area (TPSA) is 66.4 Å². The average Bonchev–Trinajstić information content (AvgIpc) is 2.02. The van der Waals surface area contributed by atoms with Crippen LogP contribution >= 0.6 is 0 Å². The first kappa shape index (κ1) is 11.1. The van der Waals surface area contributed by atoms with Crippen LogP contribution in [-0.4, -0.2) is 23.5 Å². The van der Waals surface area contributed by atoms with Gasteiger partial charge >= 0.3 is 0 Å². The van der Waals surface area contributed by atoms with Gasteiger partial charge in [0.2, 0.25) is 11.8 Å². The summed E-state index contributed by atoms with van der Waals surface area (Å²) >= 11 is 0. The van der Waals surface area contributed by atoms with E-state index in [1.807, 2.05) is 0 Å². The normalized spacial score (nSPS) is 15.0. The standard InChI is InChI=1S/C8H15NO3/c1-4-8(3,5-10)7(12)9-6(2)11/h10H,4-5H2,1-3H3,(H,9,11,12). The molecule has 70 valence electrons. The van der Waals surface area contributed by atoms with Crippen LogP contribution in [0.1, 0.15) is 27.2 Å². The maximum atomic E-state index is 11.2. The van der Waals surface area contributed by atoms with Crippen LogP contribution in [0, 0.1) is 5.41 Å². The Morgan fingerprint density at radius 2 is 2.00 bits per heavy atom. The third-order valence-electron chi connectivity index (χ3n) is 1.97. The summed E-state index contributed by atoms with van der Waals surface area (Å²) < 4.78 is 0. The molecule has 0 radical (unpaired) electrons. The maximum absolute atomic E-state index is 11.2. The summed E-state index contributed by atoms with van der Waals surface area (Å²) in [6, 6.07) is 0. The van der Waals surface area contributed by atoms with E-state index in [-0.39, 0.29) is 6.61 Å². The highest BCUT2D eigenvalue weighted by Crippen LogP contribution is 2.19. The predicted octanol–water partition coefficient (Wildman–Crippen LogP) is 0.0577. The van der Waals surface area contributed by atoms with Gasteiger partial charge in [-0.05, 0) is 13.3 Å². The first-order chi connectivity index (χ1) is 5.46. The van der Waals surface area contributed by atoms with Crippen LogP contribution in [-0.2, 0) is 9.59 Å². The average molecular weight is 173 g/mol. The molecule has 0 bridgehead atoms. The summed E-state index contributed by atoms with van der Waals surface area (Å²) in [5.41, 5.74) is -0.842. The van der Waals surface area contributed by atoms with Crippen molar-refractivity contribution in [1.82, 2.24) is 5.32 Å². The Balaban J connectivity index is 4.32. The molecule has 12 heavy (non-hydrogen) atoms. The van der Waals surface area contributed by atoms with Gasteiger partial charge in [-0.15, -0.1) is 0 Å². The van der Waals surface area contributed by atoms with Gasteiger partial charge in [-0.25, -0.2) is 0 Å². The van der Waals surface area contributed by atoms with E-state index in [2.05, 4.69) is 5.32 Å². The molecule has 4 nitrogen and oxygen atoms in total. The number of hydrogen-bond donors (Lipinski definition) is 2.